The maximum Gasteiger partial charge on any atom is 0.338 e. The second kappa shape index (κ2) is 3.94. The molecule has 1 aliphatic heterocycles. The van der Waals surface area contributed by atoms with E-state index in [0.29, 0.717) is 17.5 Å². The highest BCUT2D eigenvalue weighted by Crippen LogP contribution is 2.24. The number of fused-ring (bicyclic) bond motifs is 1. The standard InChI is InChI=1S/C10H10N4O2S/c15-9(16)6-4-17-7-3-12-10(14-8(6)7)13-5-1-11-2-5/h3-5,11H,1-2H2,(H,15,16)(H,12,13,14). The van der Waals surface area contributed by atoms with Crippen LogP contribution in [0.15, 0.2) is 11.6 Å². The van der Waals surface area contributed by atoms with Crippen LogP contribution in [0, 0.1) is 0 Å². The number of carboxylic acids is 1. The minimum atomic E-state index is -0.953. The summed E-state index contributed by atoms with van der Waals surface area (Å²) in [6.07, 6.45) is 1.66. The maximum absolute atomic E-state index is 11.0. The molecule has 0 saturated carbocycles. The van der Waals surface area contributed by atoms with Crippen molar-refractivity contribution in [2.45, 2.75) is 6.04 Å². The molecule has 7 heteroatoms. The van der Waals surface area contributed by atoms with E-state index in [2.05, 4.69) is 20.6 Å². The largest absolute Gasteiger partial charge is 0.478 e. The van der Waals surface area contributed by atoms with Gasteiger partial charge in [-0.1, -0.05) is 0 Å². The molecule has 0 aromatic carbocycles. The quantitative estimate of drug-likeness (QED) is 0.746. The molecule has 0 radical (unpaired) electrons. The third-order valence-corrected chi connectivity index (χ3v) is 3.57. The van der Waals surface area contributed by atoms with Gasteiger partial charge in [0.05, 0.1) is 22.5 Å². The summed E-state index contributed by atoms with van der Waals surface area (Å²) in [6, 6.07) is 0.333. The number of nitrogens with one attached hydrogen (secondary N) is 2. The second-order valence-corrected chi connectivity index (χ2v) is 4.77. The van der Waals surface area contributed by atoms with Gasteiger partial charge in [-0.25, -0.2) is 14.8 Å². The van der Waals surface area contributed by atoms with Crippen LogP contribution in [0.4, 0.5) is 5.95 Å². The van der Waals surface area contributed by atoms with Crippen LogP contribution in [-0.4, -0.2) is 40.2 Å². The summed E-state index contributed by atoms with van der Waals surface area (Å²) in [7, 11) is 0. The summed E-state index contributed by atoms with van der Waals surface area (Å²) < 4.78 is 0.791. The molecule has 1 fully saturated rings. The van der Waals surface area contributed by atoms with E-state index in [1.807, 2.05) is 0 Å². The van der Waals surface area contributed by atoms with Crippen molar-refractivity contribution in [2.75, 3.05) is 18.4 Å². The fourth-order valence-electron chi connectivity index (χ4n) is 1.62. The molecule has 0 unspecified atom stereocenters. The van der Waals surface area contributed by atoms with E-state index < -0.39 is 5.97 Å². The van der Waals surface area contributed by atoms with Gasteiger partial charge < -0.3 is 15.7 Å². The number of thiophene rings is 1. The molecule has 0 bridgehead atoms. The van der Waals surface area contributed by atoms with E-state index in [-0.39, 0.29) is 5.56 Å². The molecule has 0 aliphatic carbocycles. The Hall–Kier alpha value is -1.73. The van der Waals surface area contributed by atoms with Crippen LogP contribution in [-0.2, 0) is 0 Å². The van der Waals surface area contributed by atoms with Crippen molar-refractivity contribution in [2.24, 2.45) is 0 Å². The van der Waals surface area contributed by atoms with Crippen LogP contribution in [0.5, 0.6) is 0 Å². The van der Waals surface area contributed by atoms with Crippen molar-refractivity contribution >= 4 is 33.5 Å². The molecule has 3 rings (SSSR count). The van der Waals surface area contributed by atoms with E-state index in [9.17, 15) is 4.79 Å². The van der Waals surface area contributed by atoms with Gasteiger partial charge in [0.1, 0.15) is 5.52 Å². The summed E-state index contributed by atoms with van der Waals surface area (Å²) in [5.41, 5.74) is 0.745. The zero-order valence-electron chi connectivity index (χ0n) is 8.80. The fourth-order valence-corrected chi connectivity index (χ4v) is 2.46. The van der Waals surface area contributed by atoms with Gasteiger partial charge in [-0.05, 0) is 0 Å². The second-order valence-electron chi connectivity index (χ2n) is 3.86. The monoisotopic (exact) mass is 250 g/mol. The molecular formula is C10H10N4O2S. The molecule has 0 atom stereocenters. The SMILES string of the molecule is O=C(O)c1csc2cnc(NC3CNC3)nc12. The van der Waals surface area contributed by atoms with Gasteiger partial charge in [0.2, 0.25) is 5.95 Å². The first-order valence-electron chi connectivity index (χ1n) is 5.19. The van der Waals surface area contributed by atoms with Gasteiger partial charge in [0.25, 0.3) is 0 Å². The zero-order valence-corrected chi connectivity index (χ0v) is 9.62. The van der Waals surface area contributed by atoms with Crippen LogP contribution in [0.2, 0.25) is 0 Å². The van der Waals surface area contributed by atoms with E-state index >= 15 is 0 Å². The van der Waals surface area contributed by atoms with Gasteiger partial charge in [-0.3, -0.25) is 0 Å². The number of hydrogen-bond acceptors (Lipinski definition) is 6. The molecule has 0 amide bonds. The lowest BCUT2D eigenvalue weighted by Gasteiger charge is -2.27. The first-order valence-corrected chi connectivity index (χ1v) is 6.07. The molecule has 17 heavy (non-hydrogen) atoms. The van der Waals surface area contributed by atoms with Crippen LogP contribution < -0.4 is 10.6 Å². The fraction of sp³-hybridized carbons (Fsp3) is 0.300. The number of nitrogens with zero attached hydrogens (tertiary/aromatic N) is 2. The van der Waals surface area contributed by atoms with Crippen molar-refractivity contribution in [1.29, 1.82) is 0 Å². The lowest BCUT2D eigenvalue weighted by atomic mass is 10.2. The highest BCUT2D eigenvalue weighted by atomic mass is 32.1. The lowest BCUT2D eigenvalue weighted by Crippen LogP contribution is -2.51. The number of carbonyl (C=O) groups is 1. The average molecular weight is 250 g/mol. The average Bonchev–Trinajstić information content (AvgIpc) is 2.66. The summed E-state index contributed by atoms with van der Waals surface area (Å²) in [6.45, 7) is 1.77. The summed E-state index contributed by atoms with van der Waals surface area (Å²) >= 11 is 1.34. The minimum absolute atomic E-state index is 0.238. The molecule has 1 saturated heterocycles. The Morgan fingerprint density at radius 2 is 2.41 bits per heavy atom. The molecule has 6 nitrogen and oxygen atoms in total. The molecule has 1 aliphatic rings. The Morgan fingerprint density at radius 3 is 3.06 bits per heavy atom. The van der Waals surface area contributed by atoms with Gasteiger partial charge in [0, 0.05) is 18.5 Å². The number of aromatic nitrogens is 2. The summed E-state index contributed by atoms with van der Waals surface area (Å²) in [4.78, 5) is 19.4. The molecule has 3 N–H and O–H groups in total. The number of anilines is 1. The Labute approximate surface area is 101 Å². The molecular weight excluding hydrogens is 240 g/mol. The molecule has 2 aromatic heterocycles. The normalized spacial score (nSPS) is 15.8. The first kappa shape index (κ1) is 10.4. The maximum atomic E-state index is 11.0. The Balaban J connectivity index is 1.97. The third kappa shape index (κ3) is 1.83. The number of hydrogen-bond donors (Lipinski definition) is 3. The number of aromatic carboxylic acids is 1. The van der Waals surface area contributed by atoms with E-state index in [0.717, 1.165) is 17.8 Å². The number of carboxylic acid groups (broad SMARTS) is 1. The molecule has 0 spiro atoms. The van der Waals surface area contributed by atoms with Crippen molar-refractivity contribution in [3.63, 3.8) is 0 Å². The Kier molecular flexibility index (Phi) is 2.41. The first-order chi connectivity index (χ1) is 8.24. The summed E-state index contributed by atoms with van der Waals surface area (Å²) in [5, 5.41) is 16.9. The molecule has 2 aromatic rings. The highest BCUT2D eigenvalue weighted by molar-refractivity contribution is 7.17. The van der Waals surface area contributed by atoms with Crippen LogP contribution in [0.1, 0.15) is 10.4 Å². The van der Waals surface area contributed by atoms with Crippen molar-refractivity contribution in [1.82, 2.24) is 15.3 Å². The summed E-state index contributed by atoms with van der Waals surface area (Å²) in [5.74, 6) is -0.462. The zero-order chi connectivity index (χ0) is 11.8. The van der Waals surface area contributed by atoms with Gasteiger partial charge in [-0.15, -0.1) is 11.3 Å². The van der Waals surface area contributed by atoms with Gasteiger partial charge >= 0.3 is 5.97 Å². The Bertz CT molecular complexity index is 579. The number of rotatable bonds is 3. The van der Waals surface area contributed by atoms with Crippen molar-refractivity contribution < 1.29 is 9.90 Å². The van der Waals surface area contributed by atoms with E-state index in [1.165, 1.54) is 11.3 Å². The van der Waals surface area contributed by atoms with E-state index in [4.69, 9.17) is 5.11 Å². The Morgan fingerprint density at radius 1 is 1.59 bits per heavy atom. The predicted octanol–water partition coefficient (Wildman–Crippen LogP) is 0.773. The van der Waals surface area contributed by atoms with Crippen LogP contribution >= 0.6 is 11.3 Å². The lowest BCUT2D eigenvalue weighted by molar-refractivity contribution is 0.0699. The van der Waals surface area contributed by atoms with E-state index in [1.54, 1.807) is 11.6 Å². The topological polar surface area (TPSA) is 87.1 Å². The third-order valence-electron chi connectivity index (χ3n) is 2.66. The predicted molar refractivity (Wildman–Crippen MR) is 64.7 cm³/mol. The molecule has 88 valence electrons. The smallest absolute Gasteiger partial charge is 0.338 e. The van der Waals surface area contributed by atoms with Crippen molar-refractivity contribution in [3.8, 4) is 0 Å². The molecule has 3 heterocycles. The van der Waals surface area contributed by atoms with Crippen LogP contribution in [0.3, 0.4) is 0 Å². The van der Waals surface area contributed by atoms with Crippen molar-refractivity contribution in [3.05, 3.63) is 17.1 Å². The van der Waals surface area contributed by atoms with Gasteiger partial charge in [-0.2, -0.15) is 0 Å². The van der Waals surface area contributed by atoms with Gasteiger partial charge in [0.15, 0.2) is 0 Å². The van der Waals surface area contributed by atoms with Crippen LogP contribution in [0.25, 0.3) is 10.2 Å². The highest BCUT2D eigenvalue weighted by Gasteiger charge is 2.18. The minimum Gasteiger partial charge on any atom is -0.478 e.